The molecule has 0 spiro atoms. The molecule has 0 bridgehead atoms. The Balaban J connectivity index is 4.20. The molecule has 13 heavy (non-hydrogen) atoms. The number of sulfonamides is 1. The maximum Gasteiger partial charge on any atom is 0.214 e. The maximum absolute atomic E-state index is 11.6. The van der Waals surface area contributed by atoms with Crippen molar-refractivity contribution in [3.63, 3.8) is 0 Å². The van der Waals surface area contributed by atoms with Crippen molar-refractivity contribution in [2.45, 2.75) is 26.7 Å². The molecular weight excluding hydrogens is 210 g/mol. The average Bonchev–Trinajstić information content (AvgIpc) is 2.05. The van der Waals surface area contributed by atoms with Crippen LogP contribution < -0.4 is 0 Å². The third-order valence-electron chi connectivity index (χ3n) is 1.75. The summed E-state index contributed by atoms with van der Waals surface area (Å²) in [6.45, 7) is 4.80. The molecule has 0 saturated heterocycles. The molecule has 0 aliphatic carbocycles. The zero-order valence-corrected chi connectivity index (χ0v) is 9.86. The smallest absolute Gasteiger partial charge is 0.212 e. The Hall–Kier alpha value is 0.200. The van der Waals surface area contributed by atoms with Gasteiger partial charge in [0.15, 0.2) is 0 Å². The minimum atomic E-state index is -3.02. The fourth-order valence-electron chi connectivity index (χ4n) is 1.12. The molecule has 5 heteroatoms. The van der Waals surface area contributed by atoms with Gasteiger partial charge in [-0.25, -0.2) is 12.7 Å². The zero-order valence-electron chi connectivity index (χ0n) is 8.29. The molecular formula is C8H18ClNO2S. The summed E-state index contributed by atoms with van der Waals surface area (Å²) in [4.78, 5) is 0. The molecule has 0 aliphatic heterocycles. The second-order valence-electron chi connectivity index (χ2n) is 2.85. The predicted octanol–water partition coefficient (Wildman–Crippen LogP) is 1.68. The molecule has 0 heterocycles. The van der Waals surface area contributed by atoms with Crippen molar-refractivity contribution < 1.29 is 8.42 Å². The fourth-order valence-corrected chi connectivity index (χ4v) is 2.81. The van der Waals surface area contributed by atoms with Gasteiger partial charge in [0, 0.05) is 19.0 Å². The molecule has 0 aliphatic rings. The number of hydrogen-bond acceptors (Lipinski definition) is 2. The highest BCUT2D eigenvalue weighted by Gasteiger charge is 2.17. The van der Waals surface area contributed by atoms with Crippen molar-refractivity contribution in [3.05, 3.63) is 0 Å². The van der Waals surface area contributed by atoms with Gasteiger partial charge in [0.25, 0.3) is 0 Å². The van der Waals surface area contributed by atoms with E-state index in [9.17, 15) is 8.42 Å². The molecule has 0 radical (unpaired) electrons. The highest BCUT2D eigenvalue weighted by Crippen LogP contribution is 2.04. The summed E-state index contributed by atoms with van der Waals surface area (Å²) in [6.07, 6.45) is 1.39. The van der Waals surface area contributed by atoms with Gasteiger partial charge in [-0.15, -0.1) is 11.6 Å². The van der Waals surface area contributed by atoms with E-state index < -0.39 is 10.0 Å². The Morgan fingerprint density at radius 2 is 1.92 bits per heavy atom. The van der Waals surface area contributed by atoms with Crippen LogP contribution in [-0.4, -0.2) is 37.4 Å². The van der Waals surface area contributed by atoms with Crippen molar-refractivity contribution in [2.75, 3.05) is 24.7 Å². The molecule has 0 aromatic rings. The van der Waals surface area contributed by atoms with E-state index in [4.69, 9.17) is 11.6 Å². The molecule has 0 N–H and O–H groups in total. The summed E-state index contributed by atoms with van der Waals surface area (Å²) in [6, 6.07) is 0. The van der Waals surface area contributed by atoms with E-state index in [0.717, 1.165) is 6.42 Å². The Bertz CT molecular complexity index is 216. The lowest BCUT2D eigenvalue weighted by Gasteiger charge is -2.19. The van der Waals surface area contributed by atoms with Crippen LogP contribution in [0.3, 0.4) is 0 Å². The highest BCUT2D eigenvalue weighted by atomic mass is 35.5. The molecule has 0 atom stereocenters. The number of alkyl halides is 1. The van der Waals surface area contributed by atoms with Crippen LogP contribution in [0.1, 0.15) is 26.7 Å². The van der Waals surface area contributed by atoms with Crippen LogP contribution in [0.15, 0.2) is 0 Å². The molecule has 0 aromatic heterocycles. The fraction of sp³-hybridized carbons (Fsp3) is 1.00. The Morgan fingerprint density at radius 1 is 1.31 bits per heavy atom. The Morgan fingerprint density at radius 3 is 2.31 bits per heavy atom. The van der Waals surface area contributed by atoms with Gasteiger partial charge in [0.05, 0.1) is 5.75 Å². The summed E-state index contributed by atoms with van der Waals surface area (Å²) in [7, 11) is -3.02. The van der Waals surface area contributed by atoms with Crippen LogP contribution in [0.25, 0.3) is 0 Å². The lowest BCUT2D eigenvalue weighted by atomic mass is 10.5. The molecule has 3 nitrogen and oxygen atoms in total. The quantitative estimate of drug-likeness (QED) is 0.621. The normalized spacial score (nSPS) is 12.3. The van der Waals surface area contributed by atoms with Crippen LogP contribution >= 0.6 is 11.6 Å². The molecule has 80 valence electrons. The SMILES string of the molecule is CCCS(=O)(=O)N(CC)CCCCl. The van der Waals surface area contributed by atoms with Crippen LogP contribution in [0.4, 0.5) is 0 Å². The van der Waals surface area contributed by atoms with Crippen LogP contribution in [0.2, 0.25) is 0 Å². The van der Waals surface area contributed by atoms with Gasteiger partial charge in [-0.3, -0.25) is 0 Å². The lowest BCUT2D eigenvalue weighted by Crippen LogP contribution is -2.33. The number of nitrogens with zero attached hydrogens (tertiary/aromatic N) is 1. The van der Waals surface area contributed by atoms with Crippen molar-refractivity contribution >= 4 is 21.6 Å². The van der Waals surface area contributed by atoms with Gasteiger partial charge in [-0.05, 0) is 12.8 Å². The first kappa shape index (κ1) is 13.2. The van der Waals surface area contributed by atoms with E-state index in [2.05, 4.69) is 0 Å². The van der Waals surface area contributed by atoms with Crippen molar-refractivity contribution in [1.82, 2.24) is 4.31 Å². The van der Waals surface area contributed by atoms with E-state index in [-0.39, 0.29) is 5.75 Å². The minimum absolute atomic E-state index is 0.239. The zero-order chi connectivity index (χ0) is 10.3. The molecule has 0 unspecified atom stereocenters. The third kappa shape index (κ3) is 4.84. The topological polar surface area (TPSA) is 37.4 Å². The first-order valence-electron chi connectivity index (χ1n) is 4.62. The van der Waals surface area contributed by atoms with Crippen LogP contribution in [0, 0.1) is 0 Å². The van der Waals surface area contributed by atoms with Crippen molar-refractivity contribution in [3.8, 4) is 0 Å². The van der Waals surface area contributed by atoms with E-state index >= 15 is 0 Å². The first-order valence-corrected chi connectivity index (χ1v) is 6.76. The van der Waals surface area contributed by atoms with Gasteiger partial charge in [-0.1, -0.05) is 13.8 Å². The van der Waals surface area contributed by atoms with Gasteiger partial charge in [0.1, 0.15) is 0 Å². The lowest BCUT2D eigenvalue weighted by molar-refractivity contribution is 0.427. The highest BCUT2D eigenvalue weighted by molar-refractivity contribution is 7.89. The number of rotatable bonds is 7. The summed E-state index contributed by atoms with van der Waals surface area (Å²) in [5.74, 6) is 0.751. The van der Waals surface area contributed by atoms with E-state index in [1.807, 2.05) is 13.8 Å². The Labute approximate surface area is 86.1 Å². The molecule has 0 aromatic carbocycles. The molecule has 0 fully saturated rings. The summed E-state index contributed by atoms with van der Waals surface area (Å²) in [5, 5.41) is 0. The van der Waals surface area contributed by atoms with Gasteiger partial charge in [-0.2, -0.15) is 0 Å². The monoisotopic (exact) mass is 227 g/mol. The van der Waals surface area contributed by atoms with Crippen LogP contribution in [0.5, 0.6) is 0 Å². The van der Waals surface area contributed by atoms with Crippen molar-refractivity contribution in [1.29, 1.82) is 0 Å². The second kappa shape index (κ2) is 6.62. The van der Waals surface area contributed by atoms with E-state index in [1.54, 1.807) is 0 Å². The molecule has 0 saturated carbocycles. The number of halogens is 1. The van der Waals surface area contributed by atoms with E-state index in [1.165, 1.54) is 4.31 Å². The minimum Gasteiger partial charge on any atom is -0.212 e. The van der Waals surface area contributed by atoms with Crippen LogP contribution in [-0.2, 0) is 10.0 Å². The first-order chi connectivity index (χ1) is 6.08. The molecule has 0 rings (SSSR count). The Kier molecular flexibility index (Phi) is 6.73. The van der Waals surface area contributed by atoms with Gasteiger partial charge >= 0.3 is 0 Å². The standard InChI is InChI=1S/C8H18ClNO2S/c1-3-8-13(11,12)10(4-2)7-5-6-9/h3-8H2,1-2H3. The summed E-state index contributed by atoms with van der Waals surface area (Å²) < 4.78 is 24.6. The summed E-state index contributed by atoms with van der Waals surface area (Å²) in [5.41, 5.74) is 0. The van der Waals surface area contributed by atoms with E-state index in [0.29, 0.717) is 25.4 Å². The average molecular weight is 228 g/mol. The van der Waals surface area contributed by atoms with Gasteiger partial charge < -0.3 is 0 Å². The van der Waals surface area contributed by atoms with Crippen molar-refractivity contribution in [2.24, 2.45) is 0 Å². The largest absolute Gasteiger partial charge is 0.214 e. The third-order valence-corrected chi connectivity index (χ3v) is 4.17. The maximum atomic E-state index is 11.6. The predicted molar refractivity (Wildman–Crippen MR) is 56.7 cm³/mol. The second-order valence-corrected chi connectivity index (χ2v) is 5.32. The van der Waals surface area contributed by atoms with Gasteiger partial charge in [0.2, 0.25) is 10.0 Å². The summed E-state index contributed by atoms with van der Waals surface area (Å²) >= 11 is 5.51. The molecule has 0 amide bonds. The number of hydrogen-bond donors (Lipinski definition) is 0.